The van der Waals surface area contributed by atoms with Crippen LogP contribution in [0.2, 0.25) is 0 Å². The van der Waals surface area contributed by atoms with E-state index in [0.717, 1.165) is 12.8 Å². The number of hydrogen-bond acceptors (Lipinski definition) is 3. The van der Waals surface area contributed by atoms with E-state index in [1.165, 1.54) is 57.4 Å². The molecule has 1 aromatic carbocycles. The molecule has 0 bridgehead atoms. The van der Waals surface area contributed by atoms with Gasteiger partial charge in [-0.15, -0.1) is 0 Å². The van der Waals surface area contributed by atoms with Crippen molar-refractivity contribution in [3.8, 4) is 5.75 Å². The maximum absolute atomic E-state index is 11.7. The van der Waals surface area contributed by atoms with Crippen molar-refractivity contribution in [2.24, 2.45) is 0 Å². The number of phenols is 1. The molecule has 0 aliphatic heterocycles. The predicted octanol–water partition coefficient (Wildman–Crippen LogP) is 2.59. The maximum Gasteiger partial charge on any atom is 1.00 e. The van der Waals surface area contributed by atoms with E-state index in [2.05, 4.69) is 6.92 Å². The fourth-order valence-electron chi connectivity index (χ4n) is 2.48. The average Bonchev–Trinajstić information content (AvgIpc) is 2.53. The average molecular weight is 330 g/mol. The Hall–Kier alpha value is -0.510. The summed E-state index contributed by atoms with van der Waals surface area (Å²) in [7, 11) is 0. The van der Waals surface area contributed by atoms with Gasteiger partial charge in [0.25, 0.3) is 0 Å². The second-order valence-electron chi connectivity index (χ2n) is 5.84. The van der Waals surface area contributed by atoms with Crippen molar-refractivity contribution in [2.75, 3.05) is 6.61 Å². The number of esters is 1. The van der Waals surface area contributed by atoms with Crippen LogP contribution in [0.25, 0.3) is 0 Å². The largest absolute Gasteiger partial charge is 1.00 e. The molecule has 3 nitrogen and oxygen atoms in total. The van der Waals surface area contributed by atoms with Crippen molar-refractivity contribution in [1.29, 1.82) is 0 Å². The van der Waals surface area contributed by atoms with E-state index < -0.39 is 5.97 Å². The molecule has 4 heteroatoms. The molecule has 0 fully saturated rings. The first kappa shape index (κ1) is 22.5. The number of rotatable bonds is 12. The Morgan fingerprint density at radius 3 is 2.04 bits per heavy atom. The number of carbonyl (C=O) groups is 1. The van der Waals surface area contributed by atoms with Crippen LogP contribution in [0.15, 0.2) is 24.3 Å². The molecule has 0 aliphatic carbocycles. The van der Waals surface area contributed by atoms with Gasteiger partial charge in [-0.1, -0.05) is 76.8 Å². The smallest absolute Gasteiger partial charge is 1.00 e. The Labute approximate surface area is 164 Å². The van der Waals surface area contributed by atoms with Crippen LogP contribution in [0.3, 0.4) is 0 Å². The van der Waals surface area contributed by atoms with E-state index in [4.69, 9.17) is 4.74 Å². The standard InChI is InChI=1S/C19H30O3.Na.H/c1-2-3-4-5-6-7-8-9-10-13-16-22-19(21)17-14-11-12-15-18(17)20;;/h11-12,14-15,20H,2-10,13,16H2,1H3;;/q;+1;-1. The molecule has 0 spiro atoms. The summed E-state index contributed by atoms with van der Waals surface area (Å²) in [5.74, 6) is -0.454. The van der Waals surface area contributed by atoms with Gasteiger partial charge in [-0.25, -0.2) is 4.79 Å². The summed E-state index contributed by atoms with van der Waals surface area (Å²) in [6.45, 7) is 2.68. The summed E-state index contributed by atoms with van der Waals surface area (Å²) in [5.41, 5.74) is 0.245. The minimum absolute atomic E-state index is 0. The number of benzene rings is 1. The van der Waals surface area contributed by atoms with Crippen LogP contribution in [0.5, 0.6) is 5.75 Å². The predicted molar refractivity (Wildman–Crippen MR) is 91.3 cm³/mol. The Balaban J connectivity index is 0. The molecule has 23 heavy (non-hydrogen) atoms. The third-order valence-corrected chi connectivity index (χ3v) is 3.86. The minimum atomic E-state index is -0.436. The molecule has 0 aromatic heterocycles. The Bertz CT molecular complexity index is 427. The fraction of sp³-hybridized carbons (Fsp3) is 0.632. The van der Waals surface area contributed by atoms with Gasteiger partial charge in [0.2, 0.25) is 0 Å². The second-order valence-corrected chi connectivity index (χ2v) is 5.84. The van der Waals surface area contributed by atoms with E-state index in [1.54, 1.807) is 18.2 Å². The topological polar surface area (TPSA) is 46.5 Å². The second kappa shape index (κ2) is 15.0. The first-order valence-electron chi connectivity index (χ1n) is 8.70. The normalized spacial score (nSPS) is 10.1. The van der Waals surface area contributed by atoms with Crippen LogP contribution in [0.4, 0.5) is 0 Å². The van der Waals surface area contributed by atoms with Crippen LogP contribution >= 0.6 is 0 Å². The zero-order valence-corrected chi connectivity index (χ0v) is 16.9. The summed E-state index contributed by atoms with van der Waals surface area (Å²) in [4.78, 5) is 11.7. The molecule has 1 N–H and O–H groups in total. The van der Waals surface area contributed by atoms with Crippen molar-refractivity contribution in [3.63, 3.8) is 0 Å². The number of phenolic OH excluding ortho intramolecular Hbond substituents is 1. The number of para-hydroxylation sites is 1. The molecule has 0 aliphatic rings. The van der Waals surface area contributed by atoms with Crippen LogP contribution in [0, 0.1) is 0 Å². The number of unbranched alkanes of at least 4 members (excludes halogenated alkanes) is 9. The molecule has 0 heterocycles. The number of hydrogen-bond donors (Lipinski definition) is 1. The van der Waals surface area contributed by atoms with E-state index in [1.807, 2.05) is 0 Å². The quantitative estimate of drug-likeness (QED) is 0.364. The van der Waals surface area contributed by atoms with Crippen molar-refractivity contribution in [2.45, 2.75) is 71.1 Å². The van der Waals surface area contributed by atoms with Crippen LogP contribution in [0.1, 0.15) is 82.9 Å². The van der Waals surface area contributed by atoms with Gasteiger partial charge in [-0.2, -0.15) is 0 Å². The summed E-state index contributed by atoms with van der Waals surface area (Å²) in [6.07, 6.45) is 12.6. The van der Waals surface area contributed by atoms with Crippen molar-refractivity contribution in [1.82, 2.24) is 0 Å². The first-order valence-corrected chi connectivity index (χ1v) is 8.70. The van der Waals surface area contributed by atoms with Crippen molar-refractivity contribution < 1.29 is 45.6 Å². The Kier molecular flexibility index (Phi) is 14.7. The van der Waals surface area contributed by atoms with Crippen LogP contribution < -0.4 is 29.6 Å². The number of aromatic hydroxyl groups is 1. The van der Waals surface area contributed by atoms with E-state index in [9.17, 15) is 9.90 Å². The van der Waals surface area contributed by atoms with Gasteiger partial charge in [0.15, 0.2) is 0 Å². The molecule has 0 amide bonds. The maximum atomic E-state index is 11.7. The molecule has 0 radical (unpaired) electrons. The van der Waals surface area contributed by atoms with E-state index in [-0.39, 0.29) is 42.3 Å². The molecule has 0 unspecified atom stereocenters. The summed E-state index contributed by atoms with van der Waals surface area (Å²) >= 11 is 0. The Morgan fingerprint density at radius 2 is 1.48 bits per heavy atom. The van der Waals surface area contributed by atoms with Gasteiger partial charge in [0, 0.05) is 0 Å². The summed E-state index contributed by atoms with van der Waals surface area (Å²) in [5, 5.41) is 9.56. The van der Waals surface area contributed by atoms with Gasteiger partial charge in [-0.3, -0.25) is 0 Å². The SMILES string of the molecule is CCCCCCCCCCCCOC(=O)c1ccccc1O.[H-].[Na+]. The van der Waals surface area contributed by atoms with Gasteiger partial charge >= 0.3 is 35.5 Å². The monoisotopic (exact) mass is 330 g/mol. The van der Waals surface area contributed by atoms with Crippen LogP contribution in [-0.2, 0) is 4.74 Å². The molecule has 126 valence electrons. The third kappa shape index (κ3) is 10.8. The molecule has 1 aromatic rings. The zero-order chi connectivity index (χ0) is 16.0. The Morgan fingerprint density at radius 1 is 0.957 bits per heavy atom. The fourth-order valence-corrected chi connectivity index (χ4v) is 2.48. The van der Waals surface area contributed by atoms with Gasteiger partial charge in [0.05, 0.1) is 6.61 Å². The van der Waals surface area contributed by atoms with Gasteiger partial charge in [-0.05, 0) is 18.6 Å². The van der Waals surface area contributed by atoms with E-state index in [0.29, 0.717) is 6.61 Å². The number of ether oxygens (including phenoxy) is 1. The molecular formula is C19H31NaO3. The minimum Gasteiger partial charge on any atom is -1.00 e. The summed E-state index contributed by atoms with van der Waals surface area (Å²) in [6, 6.07) is 6.48. The third-order valence-electron chi connectivity index (χ3n) is 3.86. The van der Waals surface area contributed by atoms with Gasteiger partial charge in [0.1, 0.15) is 11.3 Å². The molecule has 1 rings (SSSR count). The van der Waals surface area contributed by atoms with Crippen LogP contribution in [-0.4, -0.2) is 17.7 Å². The van der Waals surface area contributed by atoms with Crippen molar-refractivity contribution >= 4 is 5.97 Å². The molecule has 0 atom stereocenters. The molecule has 0 saturated heterocycles. The first-order chi connectivity index (χ1) is 10.8. The number of carbonyl (C=O) groups excluding carboxylic acids is 1. The zero-order valence-electron chi connectivity index (χ0n) is 15.9. The van der Waals surface area contributed by atoms with Gasteiger partial charge < -0.3 is 11.3 Å². The van der Waals surface area contributed by atoms with Crippen molar-refractivity contribution in [3.05, 3.63) is 29.8 Å². The van der Waals surface area contributed by atoms with E-state index >= 15 is 0 Å². The summed E-state index contributed by atoms with van der Waals surface area (Å²) < 4.78 is 5.18. The molecular weight excluding hydrogens is 299 g/mol. The molecule has 0 saturated carbocycles.